The first-order valence-electron chi connectivity index (χ1n) is 7.84. The van der Waals surface area contributed by atoms with Crippen LogP contribution in [-0.4, -0.2) is 45.3 Å². The summed E-state index contributed by atoms with van der Waals surface area (Å²) >= 11 is 0. The minimum absolute atomic E-state index is 0.105. The predicted molar refractivity (Wildman–Crippen MR) is 95.3 cm³/mol. The molecule has 2 heterocycles. The standard InChI is InChI=1S/C17H19N3O4S/c1-24-9-10-25(22,23)19-15-4-5-16-13(11-15)6-8-20(16)17(21)14-3-2-7-18-12-14/h2-5,7,11-12,19H,6,8-10H2,1H3. The third-order valence-electron chi connectivity index (χ3n) is 3.96. The maximum atomic E-state index is 12.6. The van der Waals surface area contributed by atoms with E-state index in [4.69, 9.17) is 4.74 Å². The van der Waals surface area contributed by atoms with E-state index < -0.39 is 10.0 Å². The topological polar surface area (TPSA) is 88.6 Å². The Morgan fingerprint density at radius 1 is 1.36 bits per heavy atom. The highest BCUT2D eigenvalue weighted by Gasteiger charge is 2.26. The number of ether oxygens (including phenoxy) is 1. The molecule has 1 aliphatic rings. The van der Waals surface area contributed by atoms with E-state index in [9.17, 15) is 13.2 Å². The first kappa shape index (κ1) is 17.4. The van der Waals surface area contributed by atoms with Crippen LogP contribution in [0.1, 0.15) is 15.9 Å². The summed E-state index contributed by atoms with van der Waals surface area (Å²) in [6, 6.07) is 8.66. The van der Waals surface area contributed by atoms with Gasteiger partial charge < -0.3 is 9.64 Å². The second kappa shape index (κ2) is 7.20. The normalized spacial score (nSPS) is 13.6. The maximum Gasteiger partial charge on any atom is 0.259 e. The number of aromatic nitrogens is 1. The average Bonchev–Trinajstić information content (AvgIpc) is 3.03. The molecule has 0 bridgehead atoms. The molecular formula is C17H19N3O4S. The summed E-state index contributed by atoms with van der Waals surface area (Å²) in [5, 5.41) is 0. The zero-order chi connectivity index (χ0) is 17.9. The molecule has 3 rings (SSSR count). The highest BCUT2D eigenvalue weighted by molar-refractivity contribution is 7.92. The summed E-state index contributed by atoms with van der Waals surface area (Å²) in [7, 11) is -1.99. The van der Waals surface area contributed by atoms with E-state index in [1.54, 1.807) is 47.6 Å². The molecule has 2 aromatic rings. The molecule has 1 aliphatic heterocycles. The number of sulfonamides is 1. The Morgan fingerprint density at radius 3 is 2.92 bits per heavy atom. The molecule has 1 N–H and O–H groups in total. The first-order valence-corrected chi connectivity index (χ1v) is 9.49. The van der Waals surface area contributed by atoms with E-state index in [0.29, 0.717) is 24.2 Å². The van der Waals surface area contributed by atoms with Crippen molar-refractivity contribution in [2.75, 3.05) is 35.6 Å². The molecule has 0 saturated carbocycles. The molecule has 0 atom stereocenters. The SMILES string of the molecule is COCCS(=O)(=O)Nc1ccc2c(c1)CCN2C(=O)c1cccnc1. The van der Waals surface area contributed by atoms with E-state index in [2.05, 4.69) is 9.71 Å². The van der Waals surface area contributed by atoms with E-state index in [1.165, 1.54) is 7.11 Å². The van der Waals surface area contributed by atoms with E-state index >= 15 is 0 Å². The van der Waals surface area contributed by atoms with Gasteiger partial charge in [0.05, 0.1) is 17.9 Å². The number of anilines is 2. The number of hydrogen-bond acceptors (Lipinski definition) is 5. The van der Waals surface area contributed by atoms with Crippen molar-refractivity contribution >= 4 is 27.3 Å². The maximum absolute atomic E-state index is 12.6. The molecule has 1 aromatic carbocycles. The van der Waals surface area contributed by atoms with Crippen molar-refractivity contribution in [2.24, 2.45) is 0 Å². The van der Waals surface area contributed by atoms with Crippen LogP contribution in [0, 0.1) is 0 Å². The molecule has 0 saturated heterocycles. The molecule has 0 radical (unpaired) electrons. The van der Waals surface area contributed by atoms with Crippen LogP contribution in [0.3, 0.4) is 0 Å². The fraction of sp³-hybridized carbons (Fsp3) is 0.294. The summed E-state index contributed by atoms with van der Waals surface area (Å²) in [6.07, 6.45) is 3.84. The predicted octanol–water partition coefficient (Wildman–Crippen LogP) is 1.67. The second-order valence-electron chi connectivity index (χ2n) is 5.71. The Balaban J connectivity index is 1.78. The number of pyridine rings is 1. The number of rotatable bonds is 6. The number of fused-ring (bicyclic) bond motifs is 1. The van der Waals surface area contributed by atoms with Gasteiger partial charge in [-0.3, -0.25) is 14.5 Å². The van der Waals surface area contributed by atoms with Crippen molar-refractivity contribution in [1.82, 2.24) is 4.98 Å². The molecule has 25 heavy (non-hydrogen) atoms. The van der Waals surface area contributed by atoms with Gasteiger partial charge >= 0.3 is 0 Å². The lowest BCUT2D eigenvalue weighted by molar-refractivity contribution is 0.0989. The Labute approximate surface area is 146 Å². The van der Waals surface area contributed by atoms with Gasteiger partial charge in [-0.25, -0.2) is 8.42 Å². The lowest BCUT2D eigenvalue weighted by Gasteiger charge is -2.17. The van der Waals surface area contributed by atoms with Crippen molar-refractivity contribution < 1.29 is 17.9 Å². The minimum atomic E-state index is -3.45. The average molecular weight is 361 g/mol. The van der Waals surface area contributed by atoms with Gasteiger partial charge in [-0.1, -0.05) is 0 Å². The zero-order valence-electron chi connectivity index (χ0n) is 13.8. The molecule has 0 fully saturated rings. The van der Waals surface area contributed by atoms with Crippen molar-refractivity contribution in [1.29, 1.82) is 0 Å². The number of benzene rings is 1. The molecule has 132 valence electrons. The van der Waals surface area contributed by atoms with Gasteiger partial charge in [-0.2, -0.15) is 0 Å². The minimum Gasteiger partial charge on any atom is -0.384 e. The van der Waals surface area contributed by atoms with Crippen LogP contribution >= 0.6 is 0 Å². The monoisotopic (exact) mass is 361 g/mol. The number of carbonyl (C=O) groups is 1. The van der Waals surface area contributed by atoms with Gasteiger partial charge in [0.1, 0.15) is 0 Å². The van der Waals surface area contributed by atoms with Gasteiger partial charge in [-0.15, -0.1) is 0 Å². The number of methoxy groups -OCH3 is 1. The van der Waals surface area contributed by atoms with E-state index in [-0.39, 0.29) is 18.3 Å². The van der Waals surface area contributed by atoms with Crippen molar-refractivity contribution in [3.63, 3.8) is 0 Å². The fourth-order valence-corrected chi connectivity index (χ4v) is 3.72. The van der Waals surface area contributed by atoms with Crippen molar-refractivity contribution in [2.45, 2.75) is 6.42 Å². The molecule has 0 spiro atoms. The van der Waals surface area contributed by atoms with Gasteiger partial charge in [0.25, 0.3) is 5.91 Å². The first-order chi connectivity index (χ1) is 12.0. The molecular weight excluding hydrogens is 342 g/mol. The van der Waals surface area contributed by atoms with Gasteiger partial charge in [0.15, 0.2) is 0 Å². The van der Waals surface area contributed by atoms with Crippen LogP contribution in [0.4, 0.5) is 11.4 Å². The third-order valence-corrected chi connectivity index (χ3v) is 5.21. The largest absolute Gasteiger partial charge is 0.384 e. The highest BCUT2D eigenvalue weighted by atomic mass is 32.2. The summed E-state index contributed by atoms with van der Waals surface area (Å²) in [5.74, 6) is -0.216. The van der Waals surface area contributed by atoms with Crippen LogP contribution in [0.15, 0.2) is 42.7 Å². The summed E-state index contributed by atoms with van der Waals surface area (Å²) in [5.41, 5.74) is 2.75. The van der Waals surface area contributed by atoms with Crippen LogP contribution < -0.4 is 9.62 Å². The second-order valence-corrected chi connectivity index (χ2v) is 7.55. The van der Waals surface area contributed by atoms with Crippen LogP contribution in [0.2, 0.25) is 0 Å². The molecule has 0 unspecified atom stereocenters. The lowest BCUT2D eigenvalue weighted by Crippen LogP contribution is -2.28. The molecule has 8 heteroatoms. The molecule has 0 aliphatic carbocycles. The van der Waals surface area contributed by atoms with Gasteiger partial charge in [-0.05, 0) is 42.3 Å². The highest BCUT2D eigenvalue weighted by Crippen LogP contribution is 2.31. The van der Waals surface area contributed by atoms with E-state index in [0.717, 1.165) is 11.3 Å². The summed E-state index contributed by atoms with van der Waals surface area (Å²) in [4.78, 5) is 18.3. The number of amides is 1. The third kappa shape index (κ3) is 3.97. The van der Waals surface area contributed by atoms with Gasteiger partial charge in [0, 0.05) is 37.4 Å². The smallest absolute Gasteiger partial charge is 0.259 e. The molecule has 1 amide bonds. The summed E-state index contributed by atoms with van der Waals surface area (Å²) < 4.78 is 31.2. The summed E-state index contributed by atoms with van der Waals surface area (Å²) in [6.45, 7) is 0.691. The number of carbonyl (C=O) groups excluding carboxylic acids is 1. The number of nitrogens with one attached hydrogen (secondary N) is 1. The number of hydrogen-bond donors (Lipinski definition) is 1. The Bertz CT molecular complexity index is 869. The molecule has 1 aromatic heterocycles. The van der Waals surface area contributed by atoms with Crippen LogP contribution in [0.25, 0.3) is 0 Å². The quantitative estimate of drug-likeness (QED) is 0.845. The Hall–Kier alpha value is -2.45. The molecule has 7 nitrogen and oxygen atoms in total. The van der Waals surface area contributed by atoms with Crippen molar-refractivity contribution in [3.05, 3.63) is 53.9 Å². The lowest BCUT2D eigenvalue weighted by atomic mass is 10.1. The van der Waals surface area contributed by atoms with Crippen LogP contribution in [0.5, 0.6) is 0 Å². The Kier molecular flexibility index (Phi) is 5.00. The van der Waals surface area contributed by atoms with E-state index in [1.807, 2.05) is 0 Å². The van der Waals surface area contributed by atoms with Crippen molar-refractivity contribution in [3.8, 4) is 0 Å². The zero-order valence-corrected chi connectivity index (χ0v) is 14.6. The Morgan fingerprint density at radius 2 is 2.20 bits per heavy atom. The van der Waals surface area contributed by atoms with Gasteiger partial charge in [0.2, 0.25) is 10.0 Å². The number of nitrogens with zero attached hydrogens (tertiary/aromatic N) is 2. The van der Waals surface area contributed by atoms with Crippen LogP contribution in [-0.2, 0) is 21.2 Å². The fourth-order valence-electron chi connectivity index (χ4n) is 2.74.